The highest BCUT2D eigenvalue weighted by Crippen LogP contribution is 2.05. The third kappa shape index (κ3) is 6.28. The van der Waals surface area contributed by atoms with E-state index in [1.165, 1.54) is 11.1 Å². The highest BCUT2D eigenvalue weighted by atomic mass is 16.2. The maximum absolute atomic E-state index is 12.4. The van der Waals surface area contributed by atoms with Gasteiger partial charge in [-0.2, -0.15) is 0 Å². The highest BCUT2D eigenvalue weighted by molar-refractivity contribution is 5.96. The van der Waals surface area contributed by atoms with E-state index >= 15 is 0 Å². The zero-order chi connectivity index (χ0) is 20.5. The number of aryl methyl sites for hydroxylation is 2. The largest absolute Gasteiger partial charge is 0.351 e. The number of nitrogens with zero attached hydrogens (tertiary/aromatic N) is 1. The number of rotatable bonds is 8. The summed E-state index contributed by atoms with van der Waals surface area (Å²) in [5, 5.41) is 5.70. The quantitative estimate of drug-likeness (QED) is 0.579. The van der Waals surface area contributed by atoms with Crippen molar-refractivity contribution in [3.05, 3.63) is 101 Å². The van der Waals surface area contributed by atoms with Crippen molar-refractivity contribution < 1.29 is 9.59 Å². The second kappa shape index (κ2) is 10.2. The van der Waals surface area contributed by atoms with Crippen molar-refractivity contribution in [2.75, 3.05) is 6.54 Å². The Bertz CT molecular complexity index is 953. The molecule has 2 N–H and O–H groups in total. The summed E-state index contributed by atoms with van der Waals surface area (Å²) in [6.07, 6.45) is 1.74. The maximum atomic E-state index is 12.4. The van der Waals surface area contributed by atoms with Crippen LogP contribution in [0, 0.1) is 6.92 Å². The smallest absolute Gasteiger partial charge is 0.270 e. The zero-order valence-corrected chi connectivity index (χ0v) is 16.5. The second-order valence-corrected chi connectivity index (χ2v) is 6.92. The molecule has 148 valence electrons. The van der Waals surface area contributed by atoms with Gasteiger partial charge in [0, 0.05) is 13.1 Å². The van der Waals surface area contributed by atoms with E-state index in [0.717, 1.165) is 18.4 Å². The van der Waals surface area contributed by atoms with E-state index in [4.69, 9.17) is 0 Å². The molecule has 0 spiro atoms. The molecule has 2 aromatic carbocycles. The van der Waals surface area contributed by atoms with Crippen LogP contribution in [0.4, 0.5) is 0 Å². The van der Waals surface area contributed by atoms with Crippen LogP contribution in [0.15, 0.2) is 72.8 Å². The summed E-state index contributed by atoms with van der Waals surface area (Å²) in [4.78, 5) is 28.9. The summed E-state index contributed by atoms with van der Waals surface area (Å²) < 4.78 is 0. The lowest BCUT2D eigenvalue weighted by atomic mass is 10.1. The van der Waals surface area contributed by atoms with Gasteiger partial charge in [0.2, 0.25) is 0 Å². The molecule has 5 nitrogen and oxygen atoms in total. The monoisotopic (exact) mass is 387 g/mol. The van der Waals surface area contributed by atoms with Crippen molar-refractivity contribution in [1.82, 2.24) is 15.6 Å². The molecule has 5 heteroatoms. The SMILES string of the molecule is Cc1ccc(CNC(=O)c2cccc(C(=O)NCCCc3ccccc3)n2)cc1. The molecular weight excluding hydrogens is 362 g/mol. The molecule has 0 saturated carbocycles. The second-order valence-electron chi connectivity index (χ2n) is 6.92. The van der Waals surface area contributed by atoms with Gasteiger partial charge in [-0.3, -0.25) is 9.59 Å². The normalized spacial score (nSPS) is 10.4. The van der Waals surface area contributed by atoms with Crippen LogP contribution in [0.5, 0.6) is 0 Å². The number of carbonyl (C=O) groups is 2. The summed E-state index contributed by atoms with van der Waals surface area (Å²) in [5.74, 6) is -0.574. The number of amides is 2. The molecule has 3 aromatic rings. The fraction of sp³-hybridized carbons (Fsp3) is 0.208. The average molecular weight is 387 g/mol. The predicted molar refractivity (Wildman–Crippen MR) is 114 cm³/mol. The molecule has 3 rings (SSSR count). The van der Waals surface area contributed by atoms with Gasteiger partial charge in [-0.15, -0.1) is 0 Å². The molecule has 0 atom stereocenters. The molecule has 0 aliphatic rings. The van der Waals surface area contributed by atoms with E-state index in [-0.39, 0.29) is 23.2 Å². The molecule has 0 radical (unpaired) electrons. The molecule has 0 fully saturated rings. The topological polar surface area (TPSA) is 71.1 Å². The number of aromatic nitrogens is 1. The van der Waals surface area contributed by atoms with Crippen LogP contribution in [0.2, 0.25) is 0 Å². The summed E-state index contributed by atoms with van der Waals surface area (Å²) >= 11 is 0. The number of benzene rings is 2. The Morgan fingerprint density at radius 2 is 1.41 bits per heavy atom. The first kappa shape index (κ1) is 20.3. The highest BCUT2D eigenvalue weighted by Gasteiger charge is 2.12. The van der Waals surface area contributed by atoms with Crippen molar-refractivity contribution >= 4 is 11.8 Å². The van der Waals surface area contributed by atoms with Gasteiger partial charge in [0.25, 0.3) is 11.8 Å². The predicted octanol–water partition coefficient (Wildman–Crippen LogP) is 3.68. The summed E-state index contributed by atoms with van der Waals surface area (Å²) in [7, 11) is 0. The molecule has 29 heavy (non-hydrogen) atoms. The van der Waals surface area contributed by atoms with Gasteiger partial charge in [-0.05, 0) is 43.0 Å². The Morgan fingerprint density at radius 3 is 2.10 bits per heavy atom. The van der Waals surface area contributed by atoms with Crippen LogP contribution in [0.25, 0.3) is 0 Å². The minimum atomic E-state index is -0.302. The molecule has 1 heterocycles. The number of hydrogen-bond donors (Lipinski definition) is 2. The van der Waals surface area contributed by atoms with Gasteiger partial charge in [0.15, 0.2) is 0 Å². The van der Waals surface area contributed by atoms with Crippen molar-refractivity contribution in [3.8, 4) is 0 Å². The lowest BCUT2D eigenvalue weighted by molar-refractivity contribution is 0.0942. The molecule has 0 saturated heterocycles. The van der Waals surface area contributed by atoms with Gasteiger partial charge in [0.05, 0.1) is 0 Å². The zero-order valence-electron chi connectivity index (χ0n) is 16.5. The summed E-state index contributed by atoms with van der Waals surface area (Å²) in [5.41, 5.74) is 3.90. The van der Waals surface area contributed by atoms with Gasteiger partial charge in [-0.25, -0.2) is 4.98 Å². The lowest BCUT2D eigenvalue weighted by Gasteiger charge is -2.08. The fourth-order valence-corrected chi connectivity index (χ4v) is 2.90. The molecule has 0 unspecified atom stereocenters. The first-order valence-corrected chi connectivity index (χ1v) is 9.75. The molecule has 0 bridgehead atoms. The Balaban J connectivity index is 1.49. The average Bonchev–Trinajstić information content (AvgIpc) is 2.77. The Morgan fingerprint density at radius 1 is 0.759 bits per heavy atom. The van der Waals surface area contributed by atoms with Crippen LogP contribution in [-0.4, -0.2) is 23.3 Å². The Labute approximate surface area is 171 Å². The third-order valence-corrected chi connectivity index (χ3v) is 4.56. The van der Waals surface area contributed by atoms with Crippen molar-refractivity contribution in [2.24, 2.45) is 0 Å². The summed E-state index contributed by atoms with van der Waals surface area (Å²) in [6, 6.07) is 23.0. The molecule has 0 aliphatic carbocycles. The van der Waals surface area contributed by atoms with Crippen molar-refractivity contribution in [1.29, 1.82) is 0 Å². The van der Waals surface area contributed by atoms with Crippen LogP contribution < -0.4 is 10.6 Å². The van der Waals surface area contributed by atoms with Crippen molar-refractivity contribution in [3.63, 3.8) is 0 Å². The first-order valence-electron chi connectivity index (χ1n) is 9.75. The first-order chi connectivity index (χ1) is 14.1. The van der Waals surface area contributed by atoms with Crippen LogP contribution in [0.1, 0.15) is 44.1 Å². The van der Waals surface area contributed by atoms with E-state index in [9.17, 15) is 9.59 Å². The van der Waals surface area contributed by atoms with Gasteiger partial charge >= 0.3 is 0 Å². The molecule has 2 amide bonds. The number of pyridine rings is 1. The van der Waals surface area contributed by atoms with Gasteiger partial charge in [-0.1, -0.05) is 66.2 Å². The fourth-order valence-electron chi connectivity index (χ4n) is 2.90. The molecule has 0 aliphatic heterocycles. The van der Waals surface area contributed by atoms with Gasteiger partial charge < -0.3 is 10.6 Å². The van der Waals surface area contributed by atoms with E-state index in [1.54, 1.807) is 18.2 Å². The standard InChI is InChI=1S/C24H25N3O2/c1-18-12-14-20(15-13-18)17-26-24(29)22-11-5-10-21(27-22)23(28)25-16-6-9-19-7-3-2-4-8-19/h2-5,7-8,10-15H,6,9,16-17H2,1H3,(H,25,28)(H,26,29). The van der Waals surface area contributed by atoms with Crippen LogP contribution >= 0.6 is 0 Å². The maximum Gasteiger partial charge on any atom is 0.270 e. The van der Waals surface area contributed by atoms with E-state index < -0.39 is 0 Å². The lowest BCUT2D eigenvalue weighted by Crippen LogP contribution is -2.28. The van der Waals surface area contributed by atoms with Crippen molar-refractivity contribution in [2.45, 2.75) is 26.3 Å². The Hall–Kier alpha value is -3.47. The van der Waals surface area contributed by atoms with E-state index in [2.05, 4.69) is 27.8 Å². The minimum absolute atomic E-state index is 0.231. The van der Waals surface area contributed by atoms with Crippen LogP contribution in [-0.2, 0) is 13.0 Å². The van der Waals surface area contributed by atoms with Gasteiger partial charge in [0.1, 0.15) is 11.4 Å². The Kier molecular flexibility index (Phi) is 7.11. The molecular formula is C24H25N3O2. The summed E-state index contributed by atoms with van der Waals surface area (Å²) in [6.45, 7) is 2.99. The van der Waals surface area contributed by atoms with E-state index in [0.29, 0.717) is 13.1 Å². The minimum Gasteiger partial charge on any atom is -0.351 e. The molecule has 1 aromatic heterocycles. The number of hydrogen-bond acceptors (Lipinski definition) is 3. The van der Waals surface area contributed by atoms with Crippen LogP contribution in [0.3, 0.4) is 0 Å². The number of carbonyl (C=O) groups excluding carboxylic acids is 2. The van der Waals surface area contributed by atoms with E-state index in [1.807, 2.05) is 49.4 Å². The third-order valence-electron chi connectivity index (χ3n) is 4.56. The number of nitrogens with one attached hydrogen (secondary N) is 2.